The van der Waals surface area contributed by atoms with E-state index in [2.05, 4.69) is 20.8 Å². The zero-order valence-electron chi connectivity index (χ0n) is 20.7. The van der Waals surface area contributed by atoms with Gasteiger partial charge in [-0.2, -0.15) is 8.42 Å². The molecule has 2 rings (SSSR count). The number of benzene rings is 2. The Morgan fingerprint density at radius 3 is 1.91 bits per heavy atom. The van der Waals surface area contributed by atoms with Crippen LogP contribution in [-0.2, 0) is 39.9 Å². The maximum atomic E-state index is 12.1. The van der Waals surface area contributed by atoms with Crippen molar-refractivity contribution in [2.75, 3.05) is 46.2 Å². The van der Waals surface area contributed by atoms with Gasteiger partial charge in [0.25, 0.3) is 10.1 Å². The van der Waals surface area contributed by atoms with E-state index in [0.717, 1.165) is 11.1 Å². The van der Waals surface area contributed by atoms with Crippen LogP contribution < -0.4 is 0 Å². The van der Waals surface area contributed by atoms with E-state index in [1.807, 2.05) is 37.3 Å². The van der Waals surface area contributed by atoms with Crippen LogP contribution in [0.15, 0.2) is 59.5 Å². The standard InChI is InChI=1S/C26H38O7S/c1-22-10-12-24(13-11-22)34(27,28)33-19-18-30-15-14-29-16-17-31-21-25(26(2,3)4)32-20-23-8-6-5-7-9-23/h5-13,25H,14-21H2,1-4H3. The van der Waals surface area contributed by atoms with Gasteiger partial charge >= 0.3 is 0 Å². The molecule has 0 saturated carbocycles. The fourth-order valence-electron chi connectivity index (χ4n) is 2.92. The molecule has 0 amide bonds. The molecule has 0 aliphatic rings. The Hall–Kier alpha value is -1.81. The van der Waals surface area contributed by atoms with Crippen molar-refractivity contribution in [1.82, 2.24) is 0 Å². The zero-order chi connectivity index (χ0) is 24.9. The van der Waals surface area contributed by atoms with Crippen molar-refractivity contribution in [2.45, 2.75) is 45.3 Å². The Balaban J connectivity index is 1.51. The number of hydrogen-bond donors (Lipinski definition) is 0. The second kappa shape index (κ2) is 14.6. The lowest BCUT2D eigenvalue weighted by Gasteiger charge is -2.30. The molecule has 0 N–H and O–H groups in total. The summed E-state index contributed by atoms with van der Waals surface area (Å²) < 4.78 is 51.9. The molecule has 0 aliphatic heterocycles. The molecule has 1 atom stereocenters. The van der Waals surface area contributed by atoms with Gasteiger partial charge in [-0.05, 0) is 30.0 Å². The largest absolute Gasteiger partial charge is 0.377 e. The first-order valence-electron chi connectivity index (χ1n) is 11.5. The van der Waals surface area contributed by atoms with Crippen molar-refractivity contribution in [3.63, 3.8) is 0 Å². The highest BCUT2D eigenvalue weighted by molar-refractivity contribution is 7.86. The van der Waals surface area contributed by atoms with Gasteiger partial charge in [0.05, 0.1) is 63.9 Å². The summed E-state index contributed by atoms with van der Waals surface area (Å²) in [5.74, 6) is 0. The zero-order valence-corrected chi connectivity index (χ0v) is 21.5. The van der Waals surface area contributed by atoms with Crippen molar-refractivity contribution >= 4 is 10.1 Å². The first-order valence-corrected chi connectivity index (χ1v) is 12.9. The van der Waals surface area contributed by atoms with Crippen LogP contribution >= 0.6 is 0 Å². The van der Waals surface area contributed by atoms with Gasteiger partial charge in [-0.3, -0.25) is 4.18 Å². The monoisotopic (exact) mass is 494 g/mol. The van der Waals surface area contributed by atoms with E-state index in [4.69, 9.17) is 23.1 Å². The number of hydrogen-bond acceptors (Lipinski definition) is 7. The van der Waals surface area contributed by atoms with Crippen LogP contribution in [0.3, 0.4) is 0 Å². The molecular formula is C26H38O7S. The minimum absolute atomic E-state index is 0.0350. The highest BCUT2D eigenvalue weighted by Gasteiger charge is 2.25. The Bertz CT molecular complexity index is 906. The Labute approximate surface area is 204 Å². The van der Waals surface area contributed by atoms with Gasteiger partial charge in [0, 0.05) is 0 Å². The van der Waals surface area contributed by atoms with Gasteiger partial charge in [0.1, 0.15) is 0 Å². The number of aryl methyl sites for hydroxylation is 1. The summed E-state index contributed by atoms with van der Waals surface area (Å²) in [6, 6.07) is 16.6. The topological polar surface area (TPSA) is 80.3 Å². The van der Waals surface area contributed by atoms with Gasteiger partial charge in [-0.15, -0.1) is 0 Å². The van der Waals surface area contributed by atoms with E-state index >= 15 is 0 Å². The third kappa shape index (κ3) is 11.1. The summed E-state index contributed by atoms with van der Waals surface area (Å²) in [5.41, 5.74) is 2.08. The minimum atomic E-state index is -3.76. The van der Waals surface area contributed by atoms with Gasteiger partial charge < -0.3 is 18.9 Å². The molecule has 7 nitrogen and oxygen atoms in total. The SMILES string of the molecule is Cc1ccc(S(=O)(=O)OCCOCCOCCOCC(OCc2ccccc2)C(C)(C)C)cc1. The number of rotatable bonds is 16. The lowest BCUT2D eigenvalue weighted by molar-refractivity contribution is -0.0845. The summed E-state index contributed by atoms with van der Waals surface area (Å²) in [6.45, 7) is 11.1. The van der Waals surface area contributed by atoms with Crippen LogP contribution in [0.4, 0.5) is 0 Å². The molecule has 0 aromatic heterocycles. The van der Waals surface area contributed by atoms with Crippen molar-refractivity contribution in [3.8, 4) is 0 Å². The van der Waals surface area contributed by atoms with E-state index in [0.29, 0.717) is 39.6 Å². The molecule has 0 spiro atoms. The minimum Gasteiger partial charge on any atom is -0.377 e. The Morgan fingerprint density at radius 2 is 1.32 bits per heavy atom. The average molecular weight is 495 g/mol. The molecule has 0 bridgehead atoms. The van der Waals surface area contributed by atoms with Crippen molar-refractivity contribution in [2.24, 2.45) is 5.41 Å². The molecule has 1 unspecified atom stereocenters. The van der Waals surface area contributed by atoms with Gasteiger partial charge in [-0.25, -0.2) is 0 Å². The summed E-state index contributed by atoms with van der Waals surface area (Å²) in [6.07, 6.45) is -0.0350. The molecule has 2 aromatic rings. The van der Waals surface area contributed by atoms with E-state index in [1.54, 1.807) is 12.1 Å². The van der Waals surface area contributed by atoms with E-state index in [9.17, 15) is 8.42 Å². The Morgan fingerprint density at radius 1 is 0.765 bits per heavy atom. The van der Waals surface area contributed by atoms with Crippen molar-refractivity contribution < 1.29 is 31.5 Å². The summed E-state index contributed by atoms with van der Waals surface area (Å²) in [7, 11) is -3.76. The molecule has 34 heavy (non-hydrogen) atoms. The van der Waals surface area contributed by atoms with Crippen LogP contribution in [0, 0.1) is 12.3 Å². The molecule has 0 radical (unpaired) electrons. The van der Waals surface area contributed by atoms with E-state index in [1.165, 1.54) is 12.1 Å². The van der Waals surface area contributed by atoms with Crippen molar-refractivity contribution in [3.05, 3.63) is 65.7 Å². The van der Waals surface area contributed by atoms with Crippen LogP contribution in [0.2, 0.25) is 0 Å². The van der Waals surface area contributed by atoms with Gasteiger partial charge in [-0.1, -0.05) is 68.8 Å². The lowest BCUT2D eigenvalue weighted by Crippen LogP contribution is -2.34. The molecule has 0 fully saturated rings. The van der Waals surface area contributed by atoms with Crippen LogP contribution in [0.5, 0.6) is 0 Å². The van der Waals surface area contributed by atoms with Crippen LogP contribution in [0.1, 0.15) is 31.9 Å². The molecule has 8 heteroatoms. The normalized spacial score (nSPS) is 13.2. The predicted molar refractivity (Wildman–Crippen MR) is 131 cm³/mol. The summed E-state index contributed by atoms with van der Waals surface area (Å²) in [4.78, 5) is 0.139. The second-order valence-electron chi connectivity index (χ2n) is 9.04. The third-order valence-corrected chi connectivity index (χ3v) is 6.38. The summed E-state index contributed by atoms with van der Waals surface area (Å²) >= 11 is 0. The maximum absolute atomic E-state index is 12.1. The van der Waals surface area contributed by atoms with Gasteiger partial charge in [0.2, 0.25) is 0 Å². The molecule has 190 valence electrons. The Kier molecular flexibility index (Phi) is 12.2. The lowest BCUT2D eigenvalue weighted by atomic mass is 9.89. The maximum Gasteiger partial charge on any atom is 0.297 e. The smallest absolute Gasteiger partial charge is 0.297 e. The molecule has 0 saturated heterocycles. The van der Waals surface area contributed by atoms with Crippen LogP contribution in [0.25, 0.3) is 0 Å². The van der Waals surface area contributed by atoms with E-state index < -0.39 is 10.1 Å². The fraction of sp³-hybridized carbons (Fsp3) is 0.538. The fourth-order valence-corrected chi connectivity index (χ4v) is 3.82. The number of ether oxygens (including phenoxy) is 4. The summed E-state index contributed by atoms with van der Waals surface area (Å²) in [5, 5.41) is 0. The molecule has 2 aromatic carbocycles. The predicted octanol–water partition coefficient (Wildman–Crippen LogP) is 4.38. The second-order valence-corrected chi connectivity index (χ2v) is 10.7. The molecule has 0 aliphatic carbocycles. The first kappa shape index (κ1) is 28.4. The van der Waals surface area contributed by atoms with E-state index in [-0.39, 0.29) is 29.6 Å². The van der Waals surface area contributed by atoms with Gasteiger partial charge in [0.15, 0.2) is 0 Å². The van der Waals surface area contributed by atoms with Crippen LogP contribution in [-0.4, -0.2) is 60.8 Å². The molecular weight excluding hydrogens is 456 g/mol. The first-order chi connectivity index (χ1) is 16.2. The highest BCUT2D eigenvalue weighted by Crippen LogP contribution is 2.23. The molecule has 0 heterocycles. The average Bonchev–Trinajstić information content (AvgIpc) is 2.79. The highest BCUT2D eigenvalue weighted by atomic mass is 32.2. The van der Waals surface area contributed by atoms with Crippen molar-refractivity contribution in [1.29, 1.82) is 0 Å². The quantitative estimate of drug-likeness (QED) is 0.253. The third-order valence-electron chi connectivity index (χ3n) is 5.05.